The fourth-order valence-electron chi connectivity index (χ4n) is 1.29. The molecule has 5 nitrogen and oxygen atoms in total. The summed E-state index contributed by atoms with van der Waals surface area (Å²) < 4.78 is 10.4. The van der Waals surface area contributed by atoms with Crippen molar-refractivity contribution in [2.75, 3.05) is 6.61 Å². The van der Waals surface area contributed by atoms with Gasteiger partial charge in [-0.15, -0.1) is 0 Å². The Balaban J connectivity index is 2.46. The molecule has 1 aromatic rings. The molecule has 1 aliphatic rings. The molecule has 0 aromatic heterocycles. The highest BCUT2D eigenvalue weighted by Gasteiger charge is 2.23. The average Bonchev–Trinajstić information content (AvgIpc) is 2.16. The largest absolute Gasteiger partial charge is 0.483 e. The quantitative estimate of drug-likeness (QED) is 0.679. The standard InChI is InChI=1S/C9H9NO4/c10-7-4-13-8-5(9(11)12)2-1-3-6(8)14-7/h1-3,7H,4,10H2,(H,11,12). The molecule has 0 fully saturated rings. The van der Waals surface area contributed by atoms with Gasteiger partial charge in [-0.05, 0) is 12.1 Å². The van der Waals surface area contributed by atoms with Gasteiger partial charge in [0.2, 0.25) is 0 Å². The highest BCUT2D eigenvalue weighted by Crippen LogP contribution is 2.34. The van der Waals surface area contributed by atoms with Crippen molar-refractivity contribution < 1.29 is 19.4 Å². The lowest BCUT2D eigenvalue weighted by molar-refractivity contribution is 0.0664. The predicted octanol–water partition coefficient (Wildman–Crippen LogP) is 0.441. The average molecular weight is 195 g/mol. The number of benzene rings is 1. The second kappa shape index (κ2) is 3.19. The van der Waals surface area contributed by atoms with Crippen molar-refractivity contribution in [3.63, 3.8) is 0 Å². The maximum atomic E-state index is 10.8. The first-order chi connectivity index (χ1) is 6.68. The summed E-state index contributed by atoms with van der Waals surface area (Å²) in [6, 6.07) is 4.67. The molecule has 2 rings (SSSR count). The molecule has 74 valence electrons. The molecular weight excluding hydrogens is 186 g/mol. The Bertz CT molecular complexity index is 377. The molecule has 0 aliphatic carbocycles. The highest BCUT2D eigenvalue weighted by atomic mass is 16.6. The third kappa shape index (κ3) is 1.38. The number of rotatable bonds is 1. The maximum Gasteiger partial charge on any atom is 0.339 e. The lowest BCUT2D eigenvalue weighted by Gasteiger charge is -2.24. The van der Waals surface area contributed by atoms with E-state index in [-0.39, 0.29) is 17.9 Å². The van der Waals surface area contributed by atoms with E-state index in [0.29, 0.717) is 5.75 Å². The Morgan fingerprint density at radius 1 is 1.57 bits per heavy atom. The first kappa shape index (κ1) is 8.83. The minimum Gasteiger partial charge on any atom is -0.483 e. The Morgan fingerprint density at radius 2 is 2.36 bits per heavy atom. The van der Waals surface area contributed by atoms with Crippen LogP contribution in [0.25, 0.3) is 0 Å². The molecule has 1 unspecified atom stereocenters. The van der Waals surface area contributed by atoms with Gasteiger partial charge >= 0.3 is 5.97 Å². The van der Waals surface area contributed by atoms with Crippen LogP contribution in [0.3, 0.4) is 0 Å². The van der Waals surface area contributed by atoms with Crippen LogP contribution in [0.2, 0.25) is 0 Å². The molecule has 1 heterocycles. The van der Waals surface area contributed by atoms with Crippen LogP contribution in [-0.2, 0) is 0 Å². The Labute approximate surface area is 80.0 Å². The van der Waals surface area contributed by atoms with Gasteiger partial charge in [-0.2, -0.15) is 0 Å². The number of hydrogen-bond donors (Lipinski definition) is 2. The Morgan fingerprint density at radius 3 is 3.07 bits per heavy atom. The second-order valence-corrected chi connectivity index (χ2v) is 2.91. The number of hydrogen-bond acceptors (Lipinski definition) is 4. The molecule has 5 heteroatoms. The lowest BCUT2D eigenvalue weighted by atomic mass is 10.2. The van der Waals surface area contributed by atoms with Gasteiger partial charge < -0.3 is 14.6 Å². The summed E-state index contributed by atoms with van der Waals surface area (Å²) in [5, 5.41) is 8.84. The highest BCUT2D eigenvalue weighted by molar-refractivity contribution is 5.92. The van der Waals surface area contributed by atoms with Gasteiger partial charge in [0, 0.05) is 0 Å². The van der Waals surface area contributed by atoms with Crippen LogP contribution >= 0.6 is 0 Å². The van der Waals surface area contributed by atoms with Gasteiger partial charge in [-0.25, -0.2) is 4.79 Å². The molecule has 0 bridgehead atoms. The van der Waals surface area contributed by atoms with E-state index in [2.05, 4.69) is 0 Å². The number of aromatic carboxylic acids is 1. The van der Waals surface area contributed by atoms with Crippen LogP contribution < -0.4 is 15.2 Å². The molecule has 1 atom stereocenters. The Hall–Kier alpha value is -1.75. The molecule has 0 spiro atoms. The number of nitrogens with two attached hydrogens (primary N) is 1. The van der Waals surface area contributed by atoms with Crippen molar-refractivity contribution in [2.24, 2.45) is 5.73 Å². The number of fused-ring (bicyclic) bond motifs is 1. The van der Waals surface area contributed by atoms with Crippen molar-refractivity contribution >= 4 is 5.97 Å². The Kier molecular flexibility index (Phi) is 2.01. The maximum absolute atomic E-state index is 10.8. The first-order valence-corrected chi connectivity index (χ1v) is 4.10. The SMILES string of the molecule is NC1COc2c(cccc2C(=O)O)O1. The van der Waals surface area contributed by atoms with Crippen molar-refractivity contribution in [2.45, 2.75) is 6.23 Å². The van der Waals surface area contributed by atoms with Crippen LogP contribution in [0, 0.1) is 0 Å². The number of carbonyl (C=O) groups is 1. The van der Waals surface area contributed by atoms with E-state index >= 15 is 0 Å². The second-order valence-electron chi connectivity index (χ2n) is 2.91. The van der Waals surface area contributed by atoms with E-state index in [1.54, 1.807) is 12.1 Å². The monoisotopic (exact) mass is 195 g/mol. The van der Waals surface area contributed by atoms with E-state index in [1.807, 2.05) is 0 Å². The third-order valence-corrected chi connectivity index (χ3v) is 1.88. The normalized spacial score (nSPS) is 19.1. The number of carboxylic acid groups (broad SMARTS) is 1. The van der Waals surface area contributed by atoms with Crippen molar-refractivity contribution in [1.29, 1.82) is 0 Å². The van der Waals surface area contributed by atoms with Gasteiger partial charge in [0.15, 0.2) is 17.7 Å². The molecule has 3 N–H and O–H groups in total. The first-order valence-electron chi connectivity index (χ1n) is 4.10. The van der Waals surface area contributed by atoms with Crippen molar-refractivity contribution in [1.82, 2.24) is 0 Å². The molecule has 0 amide bonds. The fourth-order valence-corrected chi connectivity index (χ4v) is 1.29. The molecule has 14 heavy (non-hydrogen) atoms. The van der Waals surface area contributed by atoms with Crippen LogP contribution in [0.1, 0.15) is 10.4 Å². The van der Waals surface area contributed by atoms with Crippen LogP contribution in [0.5, 0.6) is 11.5 Å². The minimum absolute atomic E-state index is 0.0920. The van der Waals surface area contributed by atoms with E-state index in [4.69, 9.17) is 20.3 Å². The van der Waals surface area contributed by atoms with E-state index in [1.165, 1.54) is 6.07 Å². The smallest absolute Gasteiger partial charge is 0.339 e. The summed E-state index contributed by atoms with van der Waals surface area (Å²) in [4.78, 5) is 10.8. The summed E-state index contributed by atoms with van der Waals surface area (Å²) in [6.07, 6.45) is -0.536. The topological polar surface area (TPSA) is 81.8 Å². The molecule has 1 aliphatic heterocycles. The predicted molar refractivity (Wildman–Crippen MR) is 47.5 cm³/mol. The van der Waals surface area contributed by atoms with E-state index in [0.717, 1.165) is 0 Å². The summed E-state index contributed by atoms with van der Waals surface area (Å²) in [5.41, 5.74) is 5.57. The molecular formula is C9H9NO4. The lowest BCUT2D eigenvalue weighted by Crippen LogP contribution is -2.37. The zero-order valence-electron chi connectivity index (χ0n) is 7.27. The van der Waals surface area contributed by atoms with Gasteiger partial charge in [-0.1, -0.05) is 6.07 Å². The number of ether oxygens (including phenoxy) is 2. The summed E-state index contributed by atoms with van der Waals surface area (Å²) in [6.45, 7) is 0.164. The van der Waals surface area contributed by atoms with Gasteiger partial charge in [0.05, 0.1) is 0 Å². The minimum atomic E-state index is -1.04. The molecule has 0 radical (unpaired) electrons. The van der Waals surface area contributed by atoms with Gasteiger partial charge in [-0.3, -0.25) is 5.73 Å². The van der Waals surface area contributed by atoms with Gasteiger partial charge in [0.25, 0.3) is 0 Å². The molecule has 0 saturated carbocycles. The number of para-hydroxylation sites is 1. The number of carboxylic acids is 1. The van der Waals surface area contributed by atoms with Gasteiger partial charge in [0.1, 0.15) is 12.2 Å². The summed E-state index contributed by atoms with van der Waals surface area (Å²) in [5.74, 6) is -0.411. The molecule has 0 saturated heterocycles. The zero-order chi connectivity index (χ0) is 10.1. The van der Waals surface area contributed by atoms with Crippen molar-refractivity contribution in [3.8, 4) is 11.5 Å². The summed E-state index contributed by atoms with van der Waals surface area (Å²) >= 11 is 0. The van der Waals surface area contributed by atoms with Crippen LogP contribution in [-0.4, -0.2) is 23.9 Å². The van der Waals surface area contributed by atoms with E-state index in [9.17, 15) is 4.79 Å². The third-order valence-electron chi connectivity index (χ3n) is 1.88. The summed E-state index contributed by atoms with van der Waals surface area (Å²) in [7, 11) is 0. The van der Waals surface area contributed by atoms with E-state index < -0.39 is 12.2 Å². The fraction of sp³-hybridized carbons (Fsp3) is 0.222. The molecule has 1 aromatic carbocycles. The van der Waals surface area contributed by atoms with Crippen LogP contribution in [0.4, 0.5) is 0 Å². The van der Waals surface area contributed by atoms with Crippen LogP contribution in [0.15, 0.2) is 18.2 Å². The van der Waals surface area contributed by atoms with Crippen molar-refractivity contribution in [3.05, 3.63) is 23.8 Å². The zero-order valence-corrected chi connectivity index (χ0v) is 7.27.